The van der Waals surface area contributed by atoms with Crippen LogP contribution >= 0.6 is 0 Å². The molecule has 0 N–H and O–H groups in total. The monoisotopic (exact) mass is 337 g/mol. The lowest BCUT2D eigenvalue weighted by atomic mass is 9.86. The van der Waals surface area contributed by atoms with Crippen molar-refractivity contribution in [3.63, 3.8) is 0 Å². The van der Waals surface area contributed by atoms with E-state index >= 15 is 0 Å². The van der Waals surface area contributed by atoms with Crippen molar-refractivity contribution < 1.29 is 9.13 Å². The highest BCUT2D eigenvalue weighted by Gasteiger charge is 2.23. The third-order valence-corrected chi connectivity index (χ3v) is 3.60. The average molecular weight is 337 g/mol. The van der Waals surface area contributed by atoms with Crippen molar-refractivity contribution in [3.8, 4) is 11.4 Å². The van der Waals surface area contributed by atoms with E-state index in [2.05, 4.69) is 10.4 Å². The highest BCUT2D eigenvalue weighted by atomic mass is 19.1. The summed E-state index contributed by atoms with van der Waals surface area (Å²) in [5.74, 6) is -0.104. The number of aryl methyl sites for hydroxylation is 1. The molecule has 0 aliphatic heterocycles. The topological polar surface area (TPSA) is 65.2 Å². The molecule has 0 spiro atoms. The van der Waals surface area contributed by atoms with Crippen molar-refractivity contribution in [3.05, 3.63) is 34.0 Å². The number of likely N-dealkylation sites (N-methyl/N-ethyl adjacent to an activating group) is 1. The smallest absolute Gasteiger partial charge is 0.368 e. The normalized spacial score (nSPS) is 12.0. The largest absolute Gasteiger partial charge is 0.490 e. The fourth-order valence-corrected chi connectivity index (χ4v) is 2.20. The van der Waals surface area contributed by atoms with Gasteiger partial charge in [-0.3, -0.25) is 0 Å². The molecule has 132 valence electrons. The Morgan fingerprint density at radius 1 is 1.25 bits per heavy atom. The first-order valence-corrected chi connectivity index (χ1v) is 7.72. The number of ether oxygens (including phenoxy) is 1. The predicted molar refractivity (Wildman–Crippen MR) is 89.3 cm³/mol. The van der Waals surface area contributed by atoms with Gasteiger partial charge >= 0.3 is 5.69 Å². The van der Waals surface area contributed by atoms with Crippen LogP contribution in [0, 0.1) is 5.82 Å². The van der Waals surface area contributed by atoms with Crippen molar-refractivity contribution in [2.24, 2.45) is 7.05 Å². The van der Waals surface area contributed by atoms with Crippen LogP contribution < -0.4 is 10.4 Å². The highest BCUT2D eigenvalue weighted by molar-refractivity contribution is 5.50. The number of hydrogen-bond acceptors (Lipinski definition) is 5. The van der Waals surface area contributed by atoms with Gasteiger partial charge in [-0.15, -0.1) is 0 Å². The third-order valence-electron chi connectivity index (χ3n) is 3.60. The second kappa shape index (κ2) is 6.72. The average Bonchev–Trinajstić information content (AvgIpc) is 2.77. The zero-order valence-corrected chi connectivity index (χ0v) is 15.0. The van der Waals surface area contributed by atoms with Crippen LogP contribution in [0.5, 0.6) is 5.75 Å². The summed E-state index contributed by atoms with van der Waals surface area (Å²) >= 11 is 0. The fourth-order valence-electron chi connectivity index (χ4n) is 2.20. The second-order valence-electron chi connectivity index (χ2n) is 7.00. The summed E-state index contributed by atoms with van der Waals surface area (Å²) in [4.78, 5) is 14.1. The van der Waals surface area contributed by atoms with Crippen molar-refractivity contribution in [2.75, 3.05) is 27.2 Å². The third kappa shape index (κ3) is 3.81. The molecule has 0 saturated heterocycles. The van der Waals surface area contributed by atoms with Gasteiger partial charge in [0.25, 0.3) is 0 Å². The number of hydrogen-bond donors (Lipinski definition) is 0. The van der Waals surface area contributed by atoms with E-state index in [1.165, 1.54) is 13.1 Å². The zero-order valence-electron chi connectivity index (χ0n) is 15.0. The second-order valence-corrected chi connectivity index (χ2v) is 7.00. The van der Waals surface area contributed by atoms with Crippen LogP contribution in [0.1, 0.15) is 26.3 Å². The van der Waals surface area contributed by atoms with Crippen molar-refractivity contribution in [1.29, 1.82) is 0 Å². The minimum atomic E-state index is -0.424. The predicted octanol–water partition coefficient (Wildman–Crippen LogP) is 1.34. The number of rotatable bonds is 5. The number of tetrazole rings is 1. The molecule has 2 aromatic rings. The molecule has 0 radical (unpaired) electrons. The van der Waals surface area contributed by atoms with Crippen LogP contribution in [0.25, 0.3) is 5.69 Å². The van der Waals surface area contributed by atoms with E-state index in [9.17, 15) is 9.18 Å². The zero-order chi connectivity index (χ0) is 18.1. The Labute approximate surface area is 140 Å². The van der Waals surface area contributed by atoms with Gasteiger partial charge in [-0.05, 0) is 41.6 Å². The van der Waals surface area contributed by atoms with Crippen LogP contribution in [0.3, 0.4) is 0 Å². The minimum Gasteiger partial charge on any atom is -0.490 e. The molecule has 1 aromatic carbocycles. The molecule has 1 aromatic heterocycles. The Hall–Kier alpha value is -2.22. The van der Waals surface area contributed by atoms with Crippen molar-refractivity contribution in [2.45, 2.75) is 26.2 Å². The van der Waals surface area contributed by atoms with E-state index in [-0.39, 0.29) is 11.6 Å². The number of benzene rings is 1. The molecule has 0 bridgehead atoms. The SMILES string of the molecule is CN(C)CCOc1cc(F)c(C(C)(C)C)cc1-n1nnn(C)c1=O. The molecule has 0 aliphatic carbocycles. The first-order chi connectivity index (χ1) is 11.1. The van der Waals surface area contributed by atoms with Gasteiger partial charge in [0.2, 0.25) is 0 Å². The van der Waals surface area contributed by atoms with Crippen LogP contribution in [0.2, 0.25) is 0 Å². The van der Waals surface area contributed by atoms with Crippen LogP contribution in [-0.2, 0) is 12.5 Å². The molecular weight excluding hydrogens is 313 g/mol. The van der Waals surface area contributed by atoms with Crippen molar-refractivity contribution >= 4 is 0 Å². The molecule has 1 heterocycles. The fraction of sp³-hybridized carbons (Fsp3) is 0.562. The van der Waals surface area contributed by atoms with E-state index in [1.54, 1.807) is 6.07 Å². The first-order valence-electron chi connectivity index (χ1n) is 7.72. The first kappa shape index (κ1) is 18.1. The molecule has 7 nitrogen and oxygen atoms in total. The lowest BCUT2D eigenvalue weighted by Gasteiger charge is -2.22. The maximum atomic E-state index is 14.5. The summed E-state index contributed by atoms with van der Waals surface area (Å²) in [6, 6.07) is 2.92. The molecule has 0 atom stereocenters. The van der Waals surface area contributed by atoms with E-state index in [0.717, 1.165) is 9.36 Å². The molecular formula is C16H24FN5O2. The number of aromatic nitrogens is 4. The maximum absolute atomic E-state index is 14.5. The summed E-state index contributed by atoms with van der Waals surface area (Å²) in [5, 5.41) is 7.56. The summed E-state index contributed by atoms with van der Waals surface area (Å²) in [5.41, 5.74) is 0.0272. The molecule has 8 heteroatoms. The standard InChI is InChI=1S/C16H24FN5O2/c1-16(2,3)11-9-13(22-15(23)21(6)18-19-22)14(10-12(11)17)24-8-7-20(4)5/h9-10H,7-8H2,1-6H3. The summed E-state index contributed by atoms with van der Waals surface area (Å²) in [6.45, 7) is 6.74. The van der Waals surface area contributed by atoms with E-state index in [4.69, 9.17) is 4.74 Å². The minimum absolute atomic E-state index is 0.268. The van der Waals surface area contributed by atoms with E-state index < -0.39 is 11.1 Å². The van der Waals surface area contributed by atoms with Crippen LogP contribution in [0.4, 0.5) is 4.39 Å². The number of halogens is 1. The van der Waals surface area contributed by atoms with Gasteiger partial charge in [0.15, 0.2) is 0 Å². The lowest BCUT2D eigenvalue weighted by Crippen LogP contribution is -2.25. The summed E-state index contributed by atoms with van der Waals surface area (Å²) in [7, 11) is 5.34. The van der Waals surface area contributed by atoms with Gasteiger partial charge in [-0.25, -0.2) is 9.18 Å². The highest BCUT2D eigenvalue weighted by Crippen LogP contribution is 2.32. The Morgan fingerprint density at radius 3 is 2.42 bits per heavy atom. The Bertz CT molecular complexity index is 774. The molecule has 2 rings (SSSR count). The van der Waals surface area contributed by atoms with Gasteiger partial charge < -0.3 is 9.64 Å². The van der Waals surface area contributed by atoms with Gasteiger partial charge in [0, 0.05) is 19.7 Å². The van der Waals surface area contributed by atoms with Gasteiger partial charge in [-0.2, -0.15) is 9.36 Å². The summed E-state index contributed by atoms with van der Waals surface area (Å²) < 4.78 is 22.5. The Morgan fingerprint density at radius 2 is 1.92 bits per heavy atom. The molecule has 0 amide bonds. The van der Waals surface area contributed by atoms with E-state index in [0.29, 0.717) is 24.4 Å². The Balaban J connectivity index is 2.54. The molecule has 0 fully saturated rings. The van der Waals surface area contributed by atoms with Crippen molar-refractivity contribution in [1.82, 2.24) is 24.7 Å². The number of nitrogens with zero attached hydrogens (tertiary/aromatic N) is 5. The maximum Gasteiger partial charge on any atom is 0.368 e. The van der Waals surface area contributed by atoms with Gasteiger partial charge in [0.05, 0.1) is 0 Å². The molecule has 0 saturated carbocycles. The van der Waals surface area contributed by atoms with Gasteiger partial charge in [0.1, 0.15) is 23.9 Å². The Kier molecular flexibility index (Phi) is 5.08. The lowest BCUT2D eigenvalue weighted by molar-refractivity contribution is 0.259. The van der Waals surface area contributed by atoms with Crippen LogP contribution in [-0.4, -0.2) is 51.9 Å². The molecule has 0 unspecified atom stereocenters. The quantitative estimate of drug-likeness (QED) is 0.824. The summed E-state index contributed by atoms with van der Waals surface area (Å²) in [6.07, 6.45) is 0. The van der Waals surface area contributed by atoms with Crippen LogP contribution in [0.15, 0.2) is 16.9 Å². The molecule has 0 aliphatic rings. The van der Waals surface area contributed by atoms with E-state index in [1.807, 2.05) is 39.8 Å². The molecule has 24 heavy (non-hydrogen) atoms. The van der Waals surface area contributed by atoms with Gasteiger partial charge in [-0.1, -0.05) is 20.8 Å².